The molecule has 8 nitrogen and oxygen atoms in total. The molecule has 0 aliphatic carbocycles. The first kappa shape index (κ1) is 29.0. The van der Waals surface area contributed by atoms with E-state index in [9.17, 15) is 18.0 Å². The summed E-state index contributed by atoms with van der Waals surface area (Å²) >= 11 is 6.35. The normalized spacial score (nSPS) is 11.9. The smallest absolute Gasteiger partial charge is 0.264 e. The third-order valence-corrected chi connectivity index (χ3v) is 8.02. The highest BCUT2D eigenvalue weighted by atomic mass is 35.5. The molecule has 0 aliphatic heterocycles. The molecule has 1 atom stereocenters. The fourth-order valence-corrected chi connectivity index (χ4v) is 5.45. The zero-order valence-electron chi connectivity index (χ0n) is 21.6. The molecule has 0 aliphatic rings. The van der Waals surface area contributed by atoms with Crippen molar-refractivity contribution in [1.82, 2.24) is 10.2 Å². The minimum atomic E-state index is -4.15. The van der Waals surface area contributed by atoms with Crippen LogP contribution in [0.25, 0.3) is 0 Å². The number of hydrogen-bond donors (Lipinski definition) is 1. The summed E-state index contributed by atoms with van der Waals surface area (Å²) in [4.78, 5) is 27.9. The average molecular weight is 558 g/mol. The number of carbonyl (C=O) groups excluding carboxylic acids is 2. The molecular formula is C28H32ClN3O5S. The lowest BCUT2D eigenvalue weighted by molar-refractivity contribution is -0.139. The number of rotatable bonds is 12. The van der Waals surface area contributed by atoms with Gasteiger partial charge in [0.05, 0.1) is 17.2 Å². The highest BCUT2D eigenvalue weighted by Crippen LogP contribution is 2.26. The maximum Gasteiger partial charge on any atom is 0.264 e. The SMILES string of the molecule is CCNC(=O)[C@H](C)N(Cc1ccccc1Cl)C(=O)CN(c1ccccc1)S(=O)(=O)c1ccc(OCC)cc1. The van der Waals surface area contributed by atoms with Gasteiger partial charge >= 0.3 is 0 Å². The number of amides is 2. The molecule has 3 aromatic carbocycles. The molecule has 0 fully saturated rings. The van der Waals surface area contributed by atoms with E-state index >= 15 is 0 Å². The molecule has 0 saturated heterocycles. The van der Waals surface area contributed by atoms with E-state index in [2.05, 4.69) is 5.32 Å². The molecule has 2 amide bonds. The van der Waals surface area contributed by atoms with Gasteiger partial charge in [-0.1, -0.05) is 48.0 Å². The molecule has 0 aromatic heterocycles. The molecule has 0 bridgehead atoms. The molecule has 3 rings (SSSR count). The fourth-order valence-electron chi connectivity index (χ4n) is 3.84. The molecule has 10 heteroatoms. The fraction of sp³-hybridized carbons (Fsp3) is 0.286. The van der Waals surface area contributed by atoms with Crippen molar-refractivity contribution in [1.29, 1.82) is 0 Å². The van der Waals surface area contributed by atoms with Crippen LogP contribution in [-0.2, 0) is 26.2 Å². The summed E-state index contributed by atoms with van der Waals surface area (Å²) in [5, 5.41) is 3.17. The Morgan fingerprint density at radius 2 is 1.58 bits per heavy atom. The summed E-state index contributed by atoms with van der Waals surface area (Å²) in [6.45, 7) is 5.57. The zero-order chi connectivity index (χ0) is 27.7. The van der Waals surface area contributed by atoms with Gasteiger partial charge in [0.15, 0.2) is 0 Å². The van der Waals surface area contributed by atoms with Gasteiger partial charge < -0.3 is 15.0 Å². The van der Waals surface area contributed by atoms with Crippen LogP contribution in [0.5, 0.6) is 5.75 Å². The lowest BCUT2D eigenvalue weighted by Gasteiger charge is -2.32. The van der Waals surface area contributed by atoms with Gasteiger partial charge in [-0.3, -0.25) is 13.9 Å². The summed E-state index contributed by atoms with van der Waals surface area (Å²) in [5.74, 6) is -0.369. The Hall–Kier alpha value is -3.56. The number of ether oxygens (including phenoxy) is 1. The lowest BCUT2D eigenvalue weighted by atomic mass is 10.1. The van der Waals surface area contributed by atoms with Crippen LogP contribution in [0.4, 0.5) is 5.69 Å². The van der Waals surface area contributed by atoms with E-state index in [1.165, 1.54) is 17.0 Å². The third-order valence-electron chi connectivity index (χ3n) is 5.86. The van der Waals surface area contributed by atoms with Crippen LogP contribution >= 0.6 is 11.6 Å². The van der Waals surface area contributed by atoms with Crippen molar-refractivity contribution < 1.29 is 22.7 Å². The first-order valence-electron chi connectivity index (χ1n) is 12.3. The van der Waals surface area contributed by atoms with Gasteiger partial charge in [-0.2, -0.15) is 0 Å². The van der Waals surface area contributed by atoms with Gasteiger partial charge in [0.2, 0.25) is 11.8 Å². The number of sulfonamides is 1. The first-order chi connectivity index (χ1) is 18.2. The molecule has 0 spiro atoms. The van der Waals surface area contributed by atoms with Crippen LogP contribution in [0.2, 0.25) is 5.02 Å². The molecule has 38 heavy (non-hydrogen) atoms. The number of anilines is 1. The number of nitrogens with zero attached hydrogens (tertiary/aromatic N) is 2. The summed E-state index contributed by atoms with van der Waals surface area (Å²) in [7, 11) is -4.15. The Kier molecular flexibility index (Phi) is 10.2. The van der Waals surface area contributed by atoms with Gasteiger partial charge in [-0.05, 0) is 68.8 Å². The Balaban J connectivity index is 2.00. The van der Waals surface area contributed by atoms with Crippen molar-refractivity contribution in [2.75, 3.05) is 24.0 Å². The van der Waals surface area contributed by atoms with E-state index in [1.807, 2.05) is 6.92 Å². The van der Waals surface area contributed by atoms with Crippen LogP contribution in [0.3, 0.4) is 0 Å². The van der Waals surface area contributed by atoms with E-state index in [-0.39, 0.29) is 17.3 Å². The summed E-state index contributed by atoms with van der Waals surface area (Å²) < 4.78 is 34.1. The Labute approximate surface area is 229 Å². The van der Waals surface area contributed by atoms with Gasteiger partial charge in [0.25, 0.3) is 10.0 Å². The monoisotopic (exact) mass is 557 g/mol. The van der Waals surface area contributed by atoms with Gasteiger partial charge in [0, 0.05) is 18.1 Å². The van der Waals surface area contributed by atoms with Crippen molar-refractivity contribution in [3.05, 3.63) is 89.4 Å². The number of carbonyl (C=O) groups is 2. The topological polar surface area (TPSA) is 96.0 Å². The highest BCUT2D eigenvalue weighted by molar-refractivity contribution is 7.92. The standard InChI is InChI=1S/C28H32ClN3O5S/c1-4-30-28(34)21(3)31(19-22-11-9-10-14-26(22)29)27(33)20-32(23-12-7-6-8-13-23)38(35,36)25-17-15-24(16-18-25)37-5-2/h6-18,21H,4-5,19-20H2,1-3H3,(H,30,34)/t21-/m0/s1. The van der Waals surface area contributed by atoms with Crippen molar-refractivity contribution in [3.8, 4) is 5.75 Å². The lowest BCUT2D eigenvalue weighted by Crippen LogP contribution is -2.51. The van der Waals surface area contributed by atoms with Crippen LogP contribution in [-0.4, -0.2) is 50.9 Å². The average Bonchev–Trinajstić information content (AvgIpc) is 2.92. The van der Waals surface area contributed by atoms with E-state index in [0.29, 0.717) is 35.2 Å². The second kappa shape index (κ2) is 13.3. The van der Waals surface area contributed by atoms with E-state index in [4.69, 9.17) is 16.3 Å². The number of benzene rings is 3. The molecule has 0 heterocycles. The van der Waals surface area contributed by atoms with Gasteiger partial charge in [-0.15, -0.1) is 0 Å². The number of para-hydroxylation sites is 1. The molecule has 0 saturated carbocycles. The number of hydrogen-bond acceptors (Lipinski definition) is 5. The zero-order valence-corrected chi connectivity index (χ0v) is 23.2. The Morgan fingerprint density at radius 1 is 0.947 bits per heavy atom. The predicted molar refractivity (Wildman–Crippen MR) is 149 cm³/mol. The quantitative estimate of drug-likeness (QED) is 0.354. The minimum Gasteiger partial charge on any atom is -0.494 e. The van der Waals surface area contributed by atoms with Crippen molar-refractivity contribution >= 4 is 39.1 Å². The second-order valence-electron chi connectivity index (χ2n) is 8.44. The van der Waals surface area contributed by atoms with Crippen molar-refractivity contribution in [2.24, 2.45) is 0 Å². The Morgan fingerprint density at radius 3 is 2.18 bits per heavy atom. The molecule has 0 unspecified atom stereocenters. The summed E-state index contributed by atoms with van der Waals surface area (Å²) in [6.07, 6.45) is 0. The maximum atomic E-state index is 13.8. The molecule has 202 valence electrons. The third kappa shape index (κ3) is 7.05. The first-order valence-corrected chi connectivity index (χ1v) is 14.1. The molecule has 0 radical (unpaired) electrons. The maximum absolute atomic E-state index is 13.8. The van der Waals surface area contributed by atoms with Gasteiger partial charge in [0.1, 0.15) is 18.3 Å². The van der Waals surface area contributed by atoms with E-state index < -0.39 is 28.5 Å². The van der Waals surface area contributed by atoms with E-state index in [0.717, 1.165) is 4.31 Å². The molecule has 1 N–H and O–H groups in total. The molecule has 3 aromatic rings. The predicted octanol–water partition coefficient (Wildman–Crippen LogP) is 4.49. The summed E-state index contributed by atoms with van der Waals surface area (Å²) in [6, 6.07) is 20.6. The van der Waals surface area contributed by atoms with Crippen LogP contribution in [0, 0.1) is 0 Å². The van der Waals surface area contributed by atoms with Gasteiger partial charge in [-0.25, -0.2) is 8.42 Å². The Bertz CT molecular complexity index is 1330. The van der Waals surface area contributed by atoms with Crippen molar-refractivity contribution in [2.45, 2.75) is 38.3 Å². The summed E-state index contributed by atoms with van der Waals surface area (Å²) in [5.41, 5.74) is 0.956. The van der Waals surface area contributed by atoms with E-state index in [1.54, 1.807) is 80.6 Å². The van der Waals surface area contributed by atoms with Crippen LogP contribution in [0.1, 0.15) is 26.3 Å². The highest BCUT2D eigenvalue weighted by Gasteiger charge is 2.32. The second-order valence-corrected chi connectivity index (χ2v) is 10.7. The number of likely N-dealkylation sites (N-methyl/N-ethyl adjacent to an activating group) is 1. The minimum absolute atomic E-state index is 0.00651. The van der Waals surface area contributed by atoms with Crippen LogP contribution in [0.15, 0.2) is 83.8 Å². The number of nitrogens with one attached hydrogen (secondary N) is 1. The number of halogens is 1. The van der Waals surface area contributed by atoms with Crippen molar-refractivity contribution in [3.63, 3.8) is 0 Å². The largest absolute Gasteiger partial charge is 0.494 e. The van der Waals surface area contributed by atoms with Crippen LogP contribution < -0.4 is 14.4 Å². The molecular weight excluding hydrogens is 526 g/mol.